The fourth-order valence-electron chi connectivity index (χ4n) is 4.32. The molecule has 3 aromatic rings. The van der Waals surface area contributed by atoms with Crippen LogP contribution in [0.25, 0.3) is 11.0 Å². The summed E-state index contributed by atoms with van der Waals surface area (Å²) in [6.45, 7) is 6.62. The molecule has 1 amide bonds. The van der Waals surface area contributed by atoms with E-state index in [9.17, 15) is 9.59 Å². The standard InChI is InChI=1S/C22H25N3O4/c1-13(2)25-16-8-5-4-7-15(16)23-21(25)17-9-6-10-24(17)22(28)20-14(3)12-29-18(20)11-19(26)27/h4-5,7-8,12-13,17H,6,9-11H2,1-3H3,(H,26,27). The van der Waals surface area contributed by atoms with Crippen molar-refractivity contribution in [3.63, 3.8) is 0 Å². The summed E-state index contributed by atoms with van der Waals surface area (Å²) in [5, 5.41) is 9.16. The molecule has 152 valence electrons. The average molecular weight is 395 g/mol. The number of para-hydroxylation sites is 2. The van der Waals surface area contributed by atoms with Gasteiger partial charge in [0.15, 0.2) is 0 Å². The van der Waals surface area contributed by atoms with Crippen LogP contribution in [-0.4, -0.2) is 38.0 Å². The van der Waals surface area contributed by atoms with Crippen molar-refractivity contribution in [3.8, 4) is 0 Å². The average Bonchev–Trinajstić information content (AvgIpc) is 3.36. The fraction of sp³-hybridized carbons (Fsp3) is 0.409. The molecule has 2 aromatic heterocycles. The summed E-state index contributed by atoms with van der Waals surface area (Å²) in [6.07, 6.45) is 2.85. The van der Waals surface area contributed by atoms with E-state index in [1.165, 1.54) is 6.26 Å². The van der Waals surface area contributed by atoms with E-state index in [1.807, 2.05) is 23.1 Å². The van der Waals surface area contributed by atoms with Crippen LogP contribution in [0, 0.1) is 6.92 Å². The molecule has 1 fully saturated rings. The maximum absolute atomic E-state index is 13.4. The van der Waals surface area contributed by atoms with Gasteiger partial charge in [0.1, 0.15) is 18.0 Å². The third kappa shape index (κ3) is 3.30. The van der Waals surface area contributed by atoms with Gasteiger partial charge in [-0.25, -0.2) is 4.98 Å². The molecular weight excluding hydrogens is 370 g/mol. The molecule has 0 bridgehead atoms. The normalized spacial score (nSPS) is 16.8. The minimum atomic E-state index is -1.02. The number of furan rings is 1. The number of imidazole rings is 1. The van der Waals surface area contributed by atoms with Crippen LogP contribution < -0.4 is 0 Å². The van der Waals surface area contributed by atoms with Crippen LogP contribution in [0.3, 0.4) is 0 Å². The Labute approximate surface area is 168 Å². The van der Waals surface area contributed by atoms with Crippen LogP contribution in [0.5, 0.6) is 0 Å². The Hall–Kier alpha value is -3.09. The van der Waals surface area contributed by atoms with E-state index >= 15 is 0 Å². The van der Waals surface area contributed by atoms with Gasteiger partial charge >= 0.3 is 5.97 Å². The predicted molar refractivity (Wildman–Crippen MR) is 108 cm³/mol. The molecular formula is C22H25N3O4. The number of carboxylic acids is 1. The second-order valence-corrected chi connectivity index (χ2v) is 7.87. The van der Waals surface area contributed by atoms with Gasteiger partial charge in [0.25, 0.3) is 5.91 Å². The molecule has 1 aliphatic heterocycles. The van der Waals surface area contributed by atoms with Crippen molar-refractivity contribution in [2.45, 2.75) is 52.1 Å². The molecule has 3 heterocycles. The minimum absolute atomic E-state index is 0.149. The smallest absolute Gasteiger partial charge is 0.311 e. The van der Waals surface area contributed by atoms with Gasteiger partial charge in [0.05, 0.1) is 28.9 Å². The van der Waals surface area contributed by atoms with Gasteiger partial charge in [-0.1, -0.05) is 12.1 Å². The van der Waals surface area contributed by atoms with Crippen molar-refractivity contribution in [2.75, 3.05) is 6.54 Å². The number of rotatable bonds is 5. The van der Waals surface area contributed by atoms with Gasteiger partial charge in [-0.2, -0.15) is 0 Å². The molecule has 4 rings (SSSR count). The maximum atomic E-state index is 13.4. The number of amides is 1. The Morgan fingerprint density at radius 1 is 1.31 bits per heavy atom. The topological polar surface area (TPSA) is 88.6 Å². The van der Waals surface area contributed by atoms with E-state index in [0.717, 1.165) is 29.7 Å². The van der Waals surface area contributed by atoms with E-state index in [-0.39, 0.29) is 30.2 Å². The van der Waals surface area contributed by atoms with Crippen molar-refractivity contribution in [2.24, 2.45) is 0 Å². The van der Waals surface area contributed by atoms with Gasteiger partial charge in [-0.15, -0.1) is 0 Å². The number of nitrogens with zero attached hydrogens (tertiary/aromatic N) is 3. The Morgan fingerprint density at radius 2 is 2.07 bits per heavy atom. The number of aliphatic carboxylic acids is 1. The first-order valence-electron chi connectivity index (χ1n) is 9.95. The second-order valence-electron chi connectivity index (χ2n) is 7.87. The monoisotopic (exact) mass is 395 g/mol. The number of carbonyl (C=O) groups excluding carboxylic acids is 1. The fourth-order valence-corrected chi connectivity index (χ4v) is 4.32. The highest BCUT2D eigenvalue weighted by molar-refractivity contribution is 5.98. The van der Waals surface area contributed by atoms with Crippen molar-refractivity contribution >= 4 is 22.9 Å². The van der Waals surface area contributed by atoms with Crippen LogP contribution in [0.15, 0.2) is 34.9 Å². The number of hydrogen-bond donors (Lipinski definition) is 1. The second kappa shape index (κ2) is 7.39. The van der Waals surface area contributed by atoms with Gasteiger partial charge in [0.2, 0.25) is 0 Å². The van der Waals surface area contributed by atoms with Gasteiger partial charge < -0.3 is 19.0 Å². The van der Waals surface area contributed by atoms with E-state index in [4.69, 9.17) is 14.5 Å². The summed E-state index contributed by atoms with van der Waals surface area (Å²) < 4.78 is 7.59. The number of aryl methyl sites for hydroxylation is 1. The van der Waals surface area contributed by atoms with E-state index in [0.29, 0.717) is 17.7 Å². The van der Waals surface area contributed by atoms with Gasteiger partial charge in [-0.05, 0) is 45.7 Å². The first kappa shape index (κ1) is 19.2. The molecule has 1 saturated heterocycles. The van der Waals surface area contributed by atoms with E-state index < -0.39 is 5.97 Å². The zero-order chi connectivity index (χ0) is 20.7. The lowest BCUT2D eigenvalue weighted by Crippen LogP contribution is -2.33. The number of hydrogen-bond acceptors (Lipinski definition) is 4. The molecule has 7 heteroatoms. The molecule has 0 spiro atoms. The number of benzene rings is 1. The van der Waals surface area contributed by atoms with Gasteiger partial charge in [0, 0.05) is 18.2 Å². The molecule has 1 N–H and O–H groups in total. The Kier molecular flexibility index (Phi) is 4.90. The van der Waals surface area contributed by atoms with E-state index in [1.54, 1.807) is 6.92 Å². The Bertz CT molecular complexity index is 1080. The van der Waals surface area contributed by atoms with Crippen LogP contribution >= 0.6 is 0 Å². The predicted octanol–water partition coefficient (Wildman–Crippen LogP) is 4.12. The van der Waals surface area contributed by atoms with Crippen molar-refractivity contribution < 1.29 is 19.1 Å². The number of aromatic nitrogens is 2. The summed E-state index contributed by atoms with van der Waals surface area (Å²) in [5.41, 5.74) is 3.00. The highest BCUT2D eigenvalue weighted by Gasteiger charge is 2.36. The van der Waals surface area contributed by atoms with Crippen LogP contribution in [0.1, 0.15) is 66.3 Å². The Morgan fingerprint density at radius 3 is 2.79 bits per heavy atom. The number of likely N-dealkylation sites (tertiary alicyclic amines) is 1. The van der Waals surface area contributed by atoms with Crippen molar-refractivity contribution in [3.05, 3.63) is 53.2 Å². The largest absolute Gasteiger partial charge is 0.481 e. The summed E-state index contributed by atoms with van der Waals surface area (Å²) in [4.78, 5) is 31.3. The maximum Gasteiger partial charge on any atom is 0.311 e. The SMILES string of the molecule is Cc1coc(CC(=O)O)c1C(=O)N1CCCC1c1nc2ccccc2n1C(C)C. The number of carbonyl (C=O) groups is 2. The molecule has 1 aliphatic rings. The summed E-state index contributed by atoms with van der Waals surface area (Å²) >= 11 is 0. The lowest BCUT2D eigenvalue weighted by atomic mass is 10.1. The lowest BCUT2D eigenvalue weighted by Gasteiger charge is -2.26. The molecule has 1 atom stereocenters. The first-order chi connectivity index (χ1) is 13.9. The number of carboxylic acid groups (broad SMARTS) is 1. The first-order valence-corrected chi connectivity index (χ1v) is 9.95. The van der Waals surface area contributed by atoms with Crippen LogP contribution in [0.2, 0.25) is 0 Å². The molecule has 0 radical (unpaired) electrons. The van der Waals surface area contributed by atoms with Gasteiger partial charge in [-0.3, -0.25) is 9.59 Å². The molecule has 7 nitrogen and oxygen atoms in total. The summed E-state index contributed by atoms with van der Waals surface area (Å²) in [6, 6.07) is 8.06. The van der Waals surface area contributed by atoms with Crippen molar-refractivity contribution in [1.29, 1.82) is 0 Å². The molecule has 1 aromatic carbocycles. The number of fused-ring (bicyclic) bond motifs is 1. The third-order valence-electron chi connectivity index (χ3n) is 5.53. The highest BCUT2D eigenvalue weighted by atomic mass is 16.4. The molecule has 29 heavy (non-hydrogen) atoms. The van der Waals surface area contributed by atoms with Crippen LogP contribution in [0.4, 0.5) is 0 Å². The van der Waals surface area contributed by atoms with E-state index in [2.05, 4.69) is 24.5 Å². The lowest BCUT2D eigenvalue weighted by molar-refractivity contribution is -0.136. The summed E-state index contributed by atoms with van der Waals surface area (Å²) in [5.74, 6) is -0.110. The molecule has 0 saturated carbocycles. The Balaban J connectivity index is 1.75. The minimum Gasteiger partial charge on any atom is -0.481 e. The quantitative estimate of drug-likeness (QED) is 0.702. The third-order valence-corrected chi connectivity index (χ3v) is 5.53. The molecule has 0 aliphatic carbocycles. The zero-order valence-corrected chi connectivity index (χ0v) is 16.9. The summed E-state index contributed by atoms with van der Waals surface area (Å²) in [7, 11) is 0. The highest BCUT2D eigenvalue weighted by Crippen LogP contribution is 2.37. The zero-order valence-electron chi connectivity index (χ0n) is 16.9. The van der Waals surface area contributed by atoms with Crippen LogP contribution in [-0.2, 0) is 11.2 Å². The van der Waals surface area contributed by atoms with Crippen molar-refractivity contribution in [1.82, 2.24) is 14.5 Å². The molecule has 1 unspecified atom stereocenters.